The predicted molar refractivity (Wildman–Crippen MR) is 88.3 cm³/mol. The van der Waals surface area contributed by atoms with E-state index in [4.69, 9.17) is 16.3 Å². The standard InChI is InChI=1S/C15H16BrClO2S/c1-8-5-10(17)6-9(2)13(8)19-11-7-12(15(3,4)18)20-14(11)16/h5-7,18H,1-4H3. The number of aliphatic hydroxyl groups is 1. The molecule has 0 aliphatic carbocycles. The molecule has 0 atom stereocenters. The number of rotatable bonds is 3. The van der Waals surface area contributed by atoms with Gasteiger partial charge in [-0.25, -0.2) is 0 Å². The van der Waals surface area contributed by atoms with Crippen molar-refractivity contribution in [3.8, 4) is 11.5 Å². The second-order valence-corrected chi connectivity index (χ2v) is 8.08. The third kappa shape index (κ3) is 3.37. The van der Waals surface area contributed by atoms with Crippen LogP contribution in [0, 0.1) is 13.8 Å². The van der Waals surface area contributed by atoms with Crippen LogP contribution in [0.3, 0.4) is 0 Å². The fourth-order valence-corrected chi connectivity index (χ4v) is 3.75. The van der Waals surface area contributed by atoms with Crippen LogP contribution in [-0.2, 0) is 5.60 Å². The quantitative estimate of drug-likeness (QED) is 0.734. The van der Waals surface area contributed by atoms with Crippen LogP contribution >= 0.6 is 38.9 Å². The van der Waals surface area contributed by atoms with Gasteiger partial charge < -0.3 is 9.84 Å². The van der Waals surface area contributed by atoms with Gasteiger partial charge in [0.05, 0.1) is 5.60 Å². The van der Waals surface area contributed by atoms with Crippen molar-refractivity contribution in [3.05, 3.63) is 43.0 Å². The summed E-state index contributed by atoms with van der Waals surface area (Å²) >= 11 is 11.0. The molecule has 0 unspecified atom stereocenters. The first-order chi connectivity index (χ1) is 9.18. The summed E-state index contributed by atoms with van der Waals surface area (Å²) in [5, 5.41) is 10.8. The van der Waals surface area contributed by atoms with Crippen molar-refractivity contribution in [2.75, 3.05) is 0 Å². The van der Waals surface area contributed by atoms with Crippen LogP contribution in [0.15, 0.2) is 22.0 Å². The van der Waals surface area contributed by atoms with Crippen molar-refractivity contribution in [2.24, 2.45) is 0 Å². The van der Waals surface area contributed by atoms with E-state index in [1.807, 2.05) is 32.0 Å². The Morgan fingerprint density at radius 1 is 1.20 bits per heavy atom. The van der Waals surface area contributed by atoms with E-state index < -0.39 is 5.60 Å². The van der Waals surface area contributed by atoms with Crippen molar-refractivity contribution in [1.82, 2.24) is 0 Å². The summed E-state index contributed by atoms with van der Waals surface area (Å²) in [7, 11) is 0. The fraction of sp³-hybridized carbons (Fsp3) is 0.333. The Morgan fingerprint density at radius 2 is 1.75 bits per heavy atom. The van der Waals surface area contributed by atoms with E-state index in [-0.39, 0.29) is 0 Å². The van der Waals surface area contributed by atoms with E-state index in [0.29, 0.717) is 10.8 Å². The molecule has 0 spiro atoms. The molecular weight excluding hydrogens is 360 g/mol. The van der Waals surface area contributed by atoms with Gasteiger partial charge >= 0.3 is 0 Å². The van der Waals surface area contributed by atoms with Gasteiger partial charge in [0.25, 0.3) is 0 Å². The summed E-state index contributed by atoms with van der Waals surface area (Å²) < 4.78 is 6.86. The van der Waals surface area contributed by atoms with Crippen molar-refractivity contribution in [2.45, 2.75) is 33.3 Å². The van der Waals surface area contributed by atoms with Crippen LogP contribution in [0.2, 0.25) is 5.02 Å². The molecule has 1 aromatic carbocycles. The van der Waals surface area contributed by atoms with Gasteiger partial charge in [-0.1, -0.05) is 11.6 Å². The van der Waals surface area contributed by atoms with Crippen molar-refractivity contribution in [3.63, 3.8) is 0 Å². The molecule has 20 heavy (non-hydrogen) atoms. The maximum Gasteiger partial charge on any atom is 0.152 e. The average Bonchev–Trinajstić information content (AvgIpc) is 2.65. The molecule has 2 rings (SSSR count). The van der Waals surface area contributed by atoms with Crippen LogP contribution in [0.5, 0.6) is 11.5 Å². The molecule has 0 aliphatic heterocycles. The van der Waals surface area contributed by atoms with Crippen LogP contribution in [-0.4, -0.2) is 5.11 Å². The highest BCUT2D eigenvalue weighted by Crippen LogP contribution is 2.42. The number of benzene rings is 1. The largest absolute Gasteiger partial charge is 0.455 e. The number of hydrogen-bond acceptors (Lipinski definition) is 3. The summed E-state index contributed by atoms with van der Waals surface area (Å²) in [6, 6.07) is 5.62. The summed E-state index contributed by atoms with van der Waals surface area (Å²) in [6.45, 7) is 7.44. The van der Waals surface area contributed by atoms with Crippen LogP contribution in [0.25, 0.3) is 0 Å². The highest BCUT2D eigenvalue weighted by Gasteiger charge is 2.22. The Kier molecular flexibility index (Phi) is 4.50. The van der Waals surface area contributed by atoms with Gasteiger partial charge in [-0.2, -0.15) is 0 Å². The molecule has 0 aliphatic rings. The van der Waals surface area contributed by atoms with Crippen molar-refractivity contribution < 1.29 is 9.84 Å². The summed E-state index contributed by atoms with van der Waals surface area (Å²) in [6.07, 6.45) is 0. The van der Waals surface area contributed by atoms with Crippen molar-refractivity contribution in [1.29, 1.82) is 0 Å². The van der Waals surface area contributed by atoms with Gasteiger partial charge in [-0.15, -0.1) is 11.3 Å². The molecule has 0 fully saturated rings. The van der Waals surface area contributed by atoms with E-state index in [1.54, 1.807) is 13.8 Å². The van der Waals surface area contributed by atoms with Crippen LogP contribution < -0.4 is 4.74 Å². The molecule has 0 radical (unpaired) electrons. The van der Waals surface area contributed by atoms with Crippen LogP contribution in [0.1, 0.15) is 29.9 Å². The van der Waals surface area contributed by atoms with Gasteiger partial charge in [-0.05, 0) is 73.0 Å². The Hall–Kier alpha value is -0.550. The summed E-state index contributed by atoms with van der Waals surface area (Å²) in [4.78, 5) is 0.851. The lowest BCUT2D eigenvalue weighted by Crippen LogP contribution is -2.12. The monoisotopic (exact) mass is 374 g/mol. The van der Waals surface area contributed by atoms with E-state index in [0.717, 1.165) is 25.5 Å². The molecule has 2 nitrogen and oxygen atoms in total. The highest BCUT2D eigenvalue weighted by molar-refractivity contribution is 9.11. The van der Waals surface area contributed by atoms with Gasteiger partial charge in [0.15, 0.2) is 5.75 Å². The second-order valence-electron chi connectivity index (χ2n) is 5.28. The minimum absolute atomic E-state index is 0.703. The molecule has 5 heteroatoms. The lowest BCUT2D eigenvalue weighted by Gasteiger charge is -2.14. The first-order valence-electron chi connectivity index (χ1n) is 6.15. The van der Waals surface area contributed by atoms with Gasteiger partial charge in [0.1, 0.15) is 9.54 Å². The summed E-state index contributed by atoms with van der Waals surface area (Å²) in [5.74, 6) is 1.51. The zero-order valence-corrected chi connectivity index (χ0v) is 14.9. The minimum atomic E-state index is -0.876. The van der Waals surface area contributed by atoms with E-state index >= 15 is 0 Å². The lowest BCUT2D eigenvalue weighted by molar-refractivity contribution is 0.0824. The highest BCUT2D eigenvalue weighted by atomic mass is 79.9. The maximum atomic E-state index is 10.1. The molecule has 1 aromatic heterocycles. The third-order valence-corrected chi connectivity index (χ3v) is 5.21. The van der Waals surface area contributed by atoms with Gasteiger partial charge in [0, 0.05) is 9.90 Å². The Labute approximate surface area is 136 Å². The molecule has 0 amide bonds. The molecule has 0 bridgehead atoms. The number of hydrogen-bond donors (Lipinski definition) is 1. The number of aryl methyl sites for hydroxylation is 2. The Balaban J connectivity index is 2.39. The zero-order valence-electron chi connectivity index (χ0n) is 11.8. The second kappa shape index (κ2) is 5.68. The van der Waals surface area contributed by atoms with Gasteiger partial charge in [0.2, 0.25) is 0 Å². The topological polar surface area (TPSA) is 29.5 Å². The Morgan fingerprint density at radius 3 is 2.20 bits per heavy atom. The van der Waals surface area contributed by atoms with E-state index in [9.17, 15) is 5.11 Å². The molecule has 0 saturated carbocycles. The number of halogens is 2. The molecule has 1 N–H and O–H groups in total. The first kappa shape index (κ1) is 15.8. The maximum absolute atomic E-state index is 10.1. The molecule has 1 heterocycles. The van der Waals surface area contributed by atoms with Gasteiger partial charge in [-0.3, -0.25) is 0 Å². The number of thiophene rings is 1. The number of ether oxygens (including phenoxy) is 1. The SMILES string of the molecule is Cc1cc(Cl)cc(C)c1Oc1cc(C(C)(C)O)sc1Br. The van der Waals surface area contributed by atoms with Crippen LogP contribution in [0.4, 0.5) is 0 Å². The zero-order chi connectivity index (χ0) is 15.1. The summed E-state index contributed by atoms with van der Waals surface area (Å²) in [5.41, 5.74) is 1.09. The normalized spacial score (nSPS) is 11.8. The minimum Gasteiger partial charge on any atom is -0.455 e. The van der Waals surface area contributed by atoms with Crippen molar-refractivity contribution >= 4 is 38.9 Å². The smallest absolute Gasteiger partial charge is 0.152 e. The van der Waals surface area contributed by atoms with E-state index in [2.05, 4.69) is 15.9 Å². The van der Waals surface area contributed by atoms with E-state index in [1.165, 1.54) is 11.3 Å². The fourth-order valence-electron chi connectivity index (χ4n) is 1.89. The first-order valence-corrected chi connectivity index (χ1v) is 8.14. The predicted octanol–water partition coefficient (Wildman–Crippen LogP) is 5.80. The molecular formula is C15H16BrClO2S. The molecule has 2 aromatic rings. The lowest BCUT2D eigenvalue weighted by atomic mass is 10.1. The third-order valence-electron chi connectivity index (χ3n) is 2.90. The molecule has 108 valence electrons. The molecule has 0 saturated heterocycles. The Bertz CT molecular complexity index is 621. The average molecular weight is 376 g/mol.